The number of rotatable bonds is 2. The Bertz CT molecular complexity index is 1060. The maximum absolute atomic E-state index is 13.1. The van der Waals surface area contributed by atoms with Crippen LogP contribution in [0.15, 0.2) is 71.3 Å². The van der Waals surface area contributed by atoms with Crippen LogP contribution in [0.1, 0.15) is 35.8 Å². The number of carbonyl (C=O) groups is 1. The quantitative estimate of drug-likeness (QED) is 0.737. The highest BCUT2D eigenvalue weighted by Gasteiger charge is 2.40. The van der Waals surface area contributed by atoms with Crippen molar-refractivity contribution in [1.29, 1.82) is 5.26 Å². The monoisotopic (exact) mass is 410 g/mol. The molecule has 0 unspecified atom stereocenters. The Labute approximate surface area is 172 Å². The van der Waals surface area contributed by atoms with Gasteiger partial charge in [-0.05, 0) is 41.3 Å². The van der Waals surface area contributed by atoms with E-state index >= 15 is 0 Å². The second-order valence-electron chi connectivity index (χ2n) is 6.90. The number of allylic oxidation sites excluding steroid dienone is 3. The molecule has 2 aromatic carbocycles. The molecule has 1 aliphatic heterocycles. The van der Waals surface area contributed by atoms with Crippen LogP contribution < -0.4 is 5.73 Å². The van der Waals surface area contributed by atoms with E-state index in [1.54, 1.807) is 18.2 Å². The maximum atomic E-state index is 13.1. The third-order valence-electron chi connectivity index (χ3n) is 5.18. The fourth-order valence-corrected chi connectivity index (χ4v) is 4.22. The molecule has 6 heteroatoms. The van der Waals surface area contributed by atoms with Gasteiger partial charge in [0.25, 0.3) is 0 Å². The van der Waals surface area contributed by atoms with Gasteiger partial charge in [-0.15, -0.1) is 0 Å². The molecule has 1 aliphatic carbocycles. The summed E-state index contributed by atoms with van der Waals surface area (Å²) in [6, 6.07) is 16.7. The SMILES string of the molecule is N#CC1=C(N)OC2=C(C(=O)C[C@@H](c3cccc(Cl)c3)C2)[C@@H]1c1ccc(Cl)cc1. The smallest absolute Gasteiger partial charge is 0.205 e. The molecular formula is C22H16Cl2N2O2. The molecule has 2 atom stereocenters. The number of hydrogen-bond acceptors (Lipinski definition) is 4. The fourth-order valence-electron chi connectivity index (χ4n) is 3.89. The standard InChI is InChI=1S/C22H16Cl2N2O2/c23-15-6-4-12(5-7-15)20-17(11-25)22(26)28-19-10-14(9-18(27)21(19)20)13-2-1-3-16(24)8-13/h1-8,14,20H,9-10,26H2/t14-,20-/m1/s1. The summed E-state index contributed by atoms with van der Waals surface area (Å²) < 4.78 is 5.76. The molecule has 1 heterocycles. The Hall–Kier alpha value is -2.74. The van der Waals surface area contributed by atoms with E-state index < -0.39 is 5.92 Å². The zero-order valence-corrected chi connectivity index (χ0v) is 16.3. The van der Waals surface area contributed by atoms with Crippen molar-refractivity contribution >= 4 is 29.0 Å². The Morgan fingerprint density at radius 3 is 2.46 bits per heavy atom. The van der Waals surface area contributed by atoms with Crippen molar-refractivity contribution in [2.45, 2.75) is 24.7 Å². The molecular weight excluding hydrogens is 395 g/mol. The van der Waals surface area contributed by atoms with Gasteiger partial charge in [-0.2, -0.15) is 5.26 Å². The Morgan fingerprint density at radius 1 is 1.04 bits per heavy atom. The zero-order chi connectivity index (χ0) is 19.8. The average Bonchev–Trinajstić information content (AvgIpc) is 2.67. The fraction of sp³-hybridized carbons (Fsp3) is 0.182. The molecule has 0 aromatic heterocycles. The number of Topliss-reactive ketones (excluding diaryl/α,β-unsaturated/α-hetero) is 1. The highest BCUT2D eigenvalue weighted by atomic mass is 35.5. The van der Waals surface area contributed by atoms with Crippen molar-refractivity contribution in [2.75, 3.05) is 0 Å². The molecule has 0 saturated carbocycles. The van der Waals surface area contributed by atoms with Gasteiger partial charge in [-0.25, -0.2) is 0 Å². The van der Waals surface area contributed by atoms with Crippen LogP contribution >= 0.6 is 23.2 Å². The van der Waals surface area contributed by atoms with Crippen molar-refractivity contribution in [3.05, 3.63) is 92.5 Å². The summed E-state index contributed by atoms with van der Waals surface area (Å²) >= 11 is 12.1. The Morgan fingerprint density at radius 2 is 1.79 bits per heavy atom. The molecule has 0 radical (unpaired) electrons. The highest BCUT2D eigenvalue weighted by Crippen LogP contribution is 2.46. The van der Waals surface area contributed by atoms with Crippen LogP contribution in [0.4, 0.5) is 0 Å². The Balaban J connectivity index is 1.78. The first-order valence-electron chi connectivity index (χ1n) is 8.82. The van der Waals surface area contributed by atoms with Crippen LogP contribution in [0.2, 0.25) is 10.0 Å². The van der Waals surface area contributed by atoms with Gasteiger partial charge < -0.3 is 10.5 Å². The molecule has 140 valence electrons. The van der Waals surface area contributed by atoms with Gasteiger partial charge in [0, 0.05) is 28.5 Å². The van der Waals surface area contributed by atoms with E-state index in [4.69, 9.17) is 33.7 Å². The molecule has 0 saturated heterocycles. The van der Waals surface area contributed by atoms with Gasteiger partial charge in [0.05, 0.1) is 5.92 Å². The zero-order valence-electron chi connectivity index (χ0n) is 14.8. The van der Waals surface area contributed by atoms with Crippen molar-refractivity contribution in [3.8, 4) is 6.07 Å². The van der Waals surface area contributed by atoms with E-state index in [-0.39, 0.29) is 23.2 Å². The molecule has 2 N–H and O–H groups in total. The van der Waals surface area contributed by atoms with E-state index in [1.807, 2.05) is 30.3 Å². The summed E-state index contributed by atoms with van der Waals surface area (Å²) in [5.74, 6) is -0.0732. The number of benzene rings is 2. The summed E-state index contributed by atoms with van der Waals surface area (Å²) in [5.41, 5.74) is 8.57. The summed E-state index contributed by atoms with van der Waals surface area (Å²) in [4.78, 5) is 13.1. The number of halogens is 2. The molecule has 2 aromatic rings. The van der Waals surface area contributed by atoms with Gasteiger partial charge in [-0.1, -0.05) is 47.5 Å². The van der Waals surface area contributed by atoms with E-state index in [0.717, 1.165) is 11.1 Å². The van der Waals surface area contributed by atoms with Gasteiger partial charge >= 0.3 is 0 Å². The normalized spacial score (nSPS) is 21.8. The second-order valence-corrected chi connectivity index (χ2v) is 7.77. The molecule has 2 aliphatic rings. The van der Waals surface area contributed by atoms with Crippen LogP contribution in [0, 0.1) is 11.3 Å². The first-order valence-corrected chi connectivity index (χ1v) is 9.58. The summed E-state index contributed by atoms with van der Waals surface area (Å²) in [5, 5.41) is 10.8. The molecule has 4 nitrogen and oxygen atoms in total. The lowest BCUT2D eigenvalue weighted by molar-refractivity contribution is -0.117. The third-order valence-corrected chi connectivity index (χ3v) is 5.67. The average molecular weight is 411 g/mol. The topological polar surface area (TPSA) is 76.1 Å². The first kappa shape index (κ1) is 18.6. The molecule has 0 amide bonds. The van der Waals surface area contributed by atoms with Crippen molar-refractivity contribution < 1.29 is 9.53 Å². The molecule has 4 rings (SSSR count). The predicted octanol–water partition coefficient (Wildman–Crippen LogP) is 5.20. The molecule has 0 spiro atoms. The molecule has 0 fully saturated rings. The van der Waals surface area contributed by atoms with E-state index in [1.165, 1.54) is 0 Å². The van der Waals surface area contributed by atoms with Gasteiger partial charge in [0.2, 0.25) is 5.88 Å². The minimum absolute atomic E-state index is 0.0424. The van der Waals surface area contributed by atoms with E-state index in [2.05, 4.69) is 6.07 Å². The largest absolute Gasteiger partial charge is 0.444 e. The Kier molecular flexibility index (Phi) is 4.89. The van der Waals surface area contributed by atoms with Gasteiger partial charge in [-0.3, -0.25) is 4.79 Å². The maximum Gasteiger partial charge on any atom is 0.205 e. The number of nitrogens with two attached hydrogens (primary N) is 1. The summed E-state index contributed by atoms with van der Waals surface area (Å²) in [6.45, 7) is 0. The summed E-state index contributed by atoms with van der Waals surface area (Å²) in [7, 11) is 0. The van der Waals surface area contributed by atoms with Crippen LogP contribution in [0.5, 0.6) is 0 Å². The third kappa shape index (κ3) is 3.28. The van der Waals surface area contributed by atoms with Crippen LogP contribution in [0.25, 0.3) is 0 Å². The lowest BCUT2D eigenvalue weighted by atomic mass is 9.73. The number of carbonyl (C=O) groups excluding carboxylic acids is 1. The highest BCUT2D eigenvalue weighted by molar-refractivity contribution is 6.30. The predicted molar refractivity (Wildman–Crippen MR) is 108 cm³/mol. The second kappa shape index (κ2) is 7.35. The van der Waals surface area contributed by atoms with Crippen molar-refractivity contribution in [2.24, 2.45) is 5.73 Å². The van der Waals surface area contributed by atoms with E-state index in [0.29, 0.717) is 34.2 Å². The molecule has 0 bridgehead atoms. The number of nitrogens with zero attached hydrogens (tertiary/aromatic N) is 1. The number of ether oxygens (including phenoxy) is 1. The number of ketones is 1. The van der Waals surface area contributed by atoms with Crippen LogP contribution in [0.3, 0.4) is 0 Å². The van der Waals surface area contributed by atoms with Crippen LogP contribution in [-0.4, -0.2) is 5.78 Å². The summed E-state index contributed by atoms with van der Waals surface area (Å²) in [6.07, 6.45) is 0.843. The first-order chi connectivity index (χ1) is 13.5. The minimum atomic E-state index is -0.543. The van der Waals surface area contributed by atoms with Crippen LogP contribution in [-0.2, 0) is 9.53 Å². The van der Waals surface area contributed by atoms with Gasteiger partial charge in [0.15, 0.2) is 5.78 Å². The number of hydrogen-bond donors (Lipinski definition) is 1. The van der Waals surface area contributed by atoms with Crippen molar-refractivity contribution in [3.63, 3.8) is 0 Å². The number of nitriles is 1. The van der Waals surface area contributed by atoms with Gasteiger partial charge in [0.1, 0.15) is 17.4 Å². The minimum Gasteiger partial charge on any atom is -0.444 e. The lowest BCUT2D eigenvalue weighted by Crippen LogP contribution is -2.29. The van der Waals surface area contributed by atoms with Crippen molar-refractivity contribution in [1.82, 2.24) is 0 Å². The lowest BCUT2D eigenvalue weighted by Gasteiger charge is -2.34. The molecule has 28 heavy (non-hydrogen) atoms. The van der Waals surface area contributed by atoms with E-state index in [9.17, 15) is 10.1 Å².